The number of carbonyl (C=O) groups excluding carboxylic acids is 1. The molecule has 1 saturated carbocycles. The molecule has 1 aromatic rings. The van der Waals surface area contributed by atoms with E-state index in [0.29, 0.717) is 6.04 Å². The van der Waals surface area contributed by atoms with Gasteiger partial charge in [0, 0.05) is 12.6 Å². The molecule has 1 amide bonds. The largest absolute Gasteiger partial charge is 0.354 e. The van der Waals surface area contributed by atoms with Crippen molar-refractivity contribution in [2.75, 3.05) is 6.54 Å². The van der Waals surface area contributed by atoms with Gasteiger partial charge in [-0.3, -0.25) is 4.79 Å². The third-order valence-corrected chi connectivity index (χ3v) is 5.01. The quantitative estimate of drug-likeness (QED) is 0.894. The Labute approximate surface area is 139 Å². The fourth-order valence-electron chi connectivity index (χ4n) is 3.73. The normalized spacial score (nSPS) is 26.9. The standard InChI is InChI=1S/C18H26N2O.ClH/c1-13-6-8-14(9-7-13)10-11-19-18(21)17-12-15-4-2-3-5-16(15)20-17;/h6-9,15-17,20H,2-5,10-12H2,1H3,(H,19,21);1H. The zero-order valence-electron chi connectivity index (χ0n) is 13.3. The van der Waals surface area contributed by atoms with E-state index < -0.39 is 0 Å². The molecule has 1 aromatic carbocycles. The third-order valence-electron chi connectivity index (χ3n) is 5.01. The second-order valence-corrected chi connectivity index (χ2v) is 6.63. The summed E-state index contributed by atoms with van der Waals surface area (Å²) in [4.78, 5) is 12.3. The Bertz CT molecular complexity index is 474. The minimum absolute atomic E-state index is 0. The lowest BCUT2D eigenvalue weighted by molar-refractivity contribution is -0.122. The number of amides is 1. The Balaban J connectivity index is 0.00000176. The number of carbonyl (C=O) groups is 1. The fraction of sp³-hybridized carbons (Fsp3) is 0.611. The topological polar surface area (TPSA) is 41.1 Å². The molecule has 0 aromatic heterocycles. The van der Waals surface area contributed by atoms with E-state index in [1.807, 2.05) is 0 Å². The van der Waals surface area contributed by atoms with Crippen LogP contribution in [0.4, 0.5) is 0 Å². The first kappa shape index (κ1) is 17.3. The minimum Gasteiger partial charge on any atom is -0.354 e. The molecule has 0 bridgehead atoms. The summed E-state index contributed by atoms with van der Waals surface area (Å²) >= 11 is 0. The molecule has 1 saturated heterocycles. The lowest BCUT2D eigenvalue weighted by atomic mass is 9.85. The molecule has 2 fully saturated rings. The van der Waals surface area contributed by atoms with Gasteiger partial charge in [0.15, 0.2) is 0 Å². The molecular formula is C18H27ClN2O. The van der Waals surface area contributed by atoms with E-state index in [-0.39, 0.29) is 24.4 Å². The Morgan fingerprint density at radius 3 is 2.68 bits per heavy atom. The van der Waals surface area contributed by atoms with Crippen molar-refractivity contribution < 1.29 is 4.79 Å². The van der Waals surface area contributed by atoms with Crippen molar-refractivity contribution in [1.82, 2.24) is 10.6 Å². The SMILES string of the molecule is Cc1ccc(CCNC(=O)C2CC3CCCCC3N2)cc1.Cl. The van der Waals surface area contributed by atoms with Crippen LogP contribution >= 0.6 is 12.4 Å². The van der Waals surface area contributed by atoms with Crippen LogP contribution in [-0.4, -0.2) is 24.5 Å². The second kappa shape index (κ2) is 7.98. The van der Waals surface area contributed by atoms with Crippen molar-refractivity contribution >= 4 is 18.3 Å². The Morgan fingerprint density at radius 2 is 1.95 bits per heavy atom. The molecule has 4 heteroatoms. The van der Waals surface area contributed by atoms with Crippen LogP contribution in [0.15, 0.2) is 24.3 Å². The van der Waals surface area contributed by atoms with Crippen molar-refractivity contribution in [2.45, 2.75) is 57.5 Å². The zero-order chi connectivity index (χ0) is 14.7. The zero-order valence-corrected chi connectivity index (χ0v) is 14.1. The molecule has 3 unspecified atom stereocenters. The monoisotopic (exact) mass is 322 g/mol. The molecule has 1 aliphatic carbocycles. The van der Waals surface area contributed by atoms with E-state index in [4.69, 9.17) is 0 Å². The summed E-state index contributed by atoms with van der Waals surface area (Å²) in [5.41, 5.74) is 2.56. The maximum Gasteiger partial charge on any atom is 0.237 e. The molecule has 3 atom stereocenters. The van der Waals surface area contributed by atoms with E-state index in [1.165, 1.54) is 36.8 Å². The van der Waals surface area contributed by atoms with Crippen LogP contribution in [0.2, 0.25) is 0 Å². The summed E-state index contributed by atoms with van der Waals surface area (Å²) in [6, 6.07) is 9.16. The van der Waals surface area contributed by atoms with Crippen molar-refractivity contribution in [1.29, 1.82) is 0 Å². The van der Waals surface area contributed by atoms with Gasteiger partial charge in [0.25, 0.3) is 0 Å². The van der Waals surface area contributed by atoms with Crippen LogP contribution in [0.3, 0.4) is 0 Å². The highest BCUT2D eigenvalue weighted by molar-refractivity contribution is 5.85. The van der Waals surface area contributed by atoms with Crippen LogP contribution in [0.25, 0.3) is 0 Å². The molecule has 0 radical (unpaired) electrons. The molecule has 3 rings (SSSR count). The highest BCUT2D eigenvalue weighted by Gasteiger charge is 2.37. The van der Waals surface area contributed by atoms with Crippen molar-refractivity contribution in [3.8, 4) is 0 Å². The minimum atomic E-state index is 0. The summed E-state index contributed by atoms with van der Waals surface area (Å²) in [6.07, 6.45) is 7.13. The summed E-state index contributed by atoms with van der Waals surface area (Å²) in [6.45, 7) is 2.83. The number of halogens is 1. The molecule has 2 aliphatic rings. The van der Waals surface area contributed by atoms with Gasteiger partial charge in [0.05, 0.1) is 6.04 Å². The van der Waals surface area contributed by atoms with Crippen LogP contribution in [0.5, 0.6) is 0 Å². The maximum atomic E-state index is 12.3. The molecular weight excluding hydrogens is 296 g/mol. The van der Waals surface area contributed by atoms with Crippen molar-refractivity contribution in [3.63, 3.8) is 0 Å². The molecule has 22 heavy (non-hydrogen) atoms. The van der Waals surface area contributed by atoms with Gasteiger partial charge in [-0.05, 0) is 44.1 Å². The maximum absolute atomic E-state index is 12.3. The van der Waals surface area contributed by atoms with Crippen LogP contribution in [0.1, 0.15) is 43.2 Å². The number of nitrogens with one attached hydrogen (secondary N) is 2. The van der Waals surface area contributed by atoms with E-state index in [9.17, 15) is 4.79 Å². The van der Waals surface area contributed by atoms with Gasteiger partial charge in [0.1, 0.15) is 0 Å². The number of fused-ring (bicyclic) bond motifs is 1. The van der Waals surface area contributed by atoms with Crippen LogP contribution < -0.4 is 10.6 Å². The first-order chi connectivity index (χ1) is 10.2. The molecule has 122 valence electrons. The lowest BCUT2D eigenvalue weighted by Crippen LogP contribution is -2.43. The third kappa shape index (κ3) is 4.23. The van der Waals surface area contributed by atoms with E-state index in [2.05, 4.69) is 41.8 Å². The highest BCUT2D eigenvalue weighted by Crippen LogP contribution is 2.33. The van der Waals surface area contributed by atoms with Crippen LogP contribution in [-0.2, 0) is 11.2 Å². The number of hydrogen-bond donors (Lipinski definition) is 2. The van der Waals surface area contributed by atoms with Crippen LogP contribution in [0, 0.1) is 12.8 Å². The first-order valence-corrected chi connectivity index (χ1v) is 8.31. The number of aryl methyl sites for hydroxylation is 1. The summed E-state index contributed by atoms with van der Waals surface area (Å²) in [7, 11) is 0. The number of rotatable bonds is 4. The first-order valence-electron chi connectivity index (χ1n) is 8.31. The average molecular weight is 323 g/mol. The Morgan fingerprint density at radius 1 is 1.23 bits per heavy atom. The Hall–Kier alpha value is -1.06. The highest BCUT2D eigenvalue weighted by atomic mass is 35.5. The fourth-order valence-corrected chi connectivity index (χ4v) is 3.73. The lowest BCUT2D eigenvalue weighted by Gasteiger charge is -2.24. The van der Waals surface area contributed by atoms with E-state index in [1.54, 1.807) is 0 Å². The number of benzene rings is 1. The van der Waals surface area contributed by atoms with Crippen molar-refractivity contribution in [2.24, 2.45) is 5.92 Å². The van der Waals surface area contributed by atoms with E-state index >= 15 is 0 Å². The summed E-state index contributed by atoms with van der Waals surface area (Å²) in [5.74, 6) is 0.920. The molecule has 3 nitrogen and oxygen atoms in total. The average Bonchev–Trinajstić information content (AvgIpc) is 2.93. The van der Waals surface area contributed by atoms with Crippen molar-refractivity contribution in [3.05, 3.63) is 35.4 Å². The Kier molecular flexibility index (Phi) is 6.27. The number of hydrogen-bond acceptors (Lipinski definition) is 2. The van der Waals surface area contributed by atoms with Gasteiger partial charge >= 0.3 is 0 Å². The molecule has 0 spiro atoms. The van der Waals surface area contributed by atoms with Gasteiger partial charge in [-0.25, -0.2) is 0 Å². The van der Waals surface area contributed by atoms with Gasteiger partial charge in [-0.15, -0.1) is 12.4 Å². The van der Waals surface area contributed by atoms with Gasteiger partial charge in [0.2, 0.25) is 5.91 Å². The predicted octanol–water partition coefficient (Wildman–Crippen LogP) is 3.00. The van der Waals surface area contributed by atoms with Gasteiger partial charge in [-0.1, -0.05) is 42.7 Å². The second-order valence-electron chi connectivity index (χ2n) is 6.63. The molecule has 2 N–H and O–H groups in total. The smallest absolute Gasteiger partial charge is 0.237 e. The molecule has 1 heterocycles. The van der Waals surface area contributed by atoms with Gasteiger partial charge < -0.3 is 10.6 Å². The predicted molar refractivity (Wildman–Crippen MR) is 92.4 cm³/mol. The van der Waals surface area contributed by atoms with E-state index in [0.717, 1.165) is 25.3 Å². The van der Waals surface area contributed by atoms with Gasteiger partial charge in [-0.2, -0.15) is 0 Å². The summed E-state index contributed by atoms with van der Waals surface area (Å²) < 4.78 is 0. The molecule has 1 aliphatic heterocycles. The summed E-state index contributed by atoms with van der Waals surface area (Å²) in [5, 5.41) is 6.63.